The number of hydrogen-bond donors (Lipinski definition) is 0. The molecule has 17 heavy (non-hydrogen) atoms. The van der Waals surface area contributed by atoms with Crippen LogP contribution in [0.2, 0.25) is 0 Å². The minimum Gasteiger partial charge on any atom is -0.271 e. The molecule has 2 aliphatic rings. The van der Waals surface area contributed by atoms with Gasteiger partial charge in [-0.15, -0.1) is 5.06 Å². The molecular weight excluding hydrogens is 210 g/mol. The van der Waals surface area contributed by atoms with Gasteiger partial charge in [0.05, 0.1) is 6.04 Å². The lowest BCUT2D eigenvalue weighted by atomic mass is 9.83. The highest BCUT2D eigenvalue weighted by Crippen LogP contribution is 2.54. The number of hydroxylamine groups is 2. The van der Waals surface area contributed by atoms with Crippen LogP contribution >= 0.6 is 0 Å². The van der Waals surface area contributed by atoms with Crippen molar-refractivity contribution in [1.82, 2.24) is 5.06 Å². The summed E-state index contributed by atoms with van der Waals surface area (Å²) in [6.07, 6.45) is 5.17. The SMILES string of the molecule is C[C@H](c1ccccc1)N1O[C@]12CCCC[C@H]2C. The first-order chi connectivity index (χ1) is 8.24. The van der Waals surface area contributed by atoms with E-state index < -0.39 is 0 Å². The second-order valence-corrected chi connectivity index (χ2v) is 5.50. The third kappa shape index (κ3) is 1.80. The van der Waals surface area contributed by atoms with Gasteiger partial charge in [0.2, 0.25) is 0 Å². The monoisotopic (exact) mass is 231 g/mol. The number of benzene rings is 1. The summed E-state index contributed by atoms with van der Waals surface area (Å²) >= 11 is 0. The largest absolute Gasteiger partial charge is 0.271 e. The summed E-state index contributed by atoms with van der Waals surface area (Å²) in [5.41, 5.74) is 1.41. The number of hydrogen-bond acceptors (Lipinski definition) is 2. The van der Waals surface area contributed by atoms with Crippen LogP contribution in [0, 0.1) is 5.92 Å². The van der Waals surface area contributed by atoms with Crippen molar-refractivity contribution in [2.75, 3.05) is 0 Å². The van der Waals surface area contributed by atoms with Gasteiger partial charge in [0.15, 0.2) is 5.72 Å². The molecule has 1 aromatic carbocycles. The molecule has 1 unspecified atom stereocenters. The second-order valence-electron chi connectivity index (χ2n) is 5.50. The van der Waals surface area contributed by atoms with Crippen LogP contribution in [-0.4, -0.2) is 10.8 Å². The Bertz CT molecular complexity index is 391. The van der Waals surface area contributed by atoms with E-state index in [0.29, 0.717) is 12.0 Å². The van der Waals surface area contributed by atoms with Crippen molar-refractivity contribution in [3.05, 3.63) is 35.9 Å². The molecule has 3 rings (SSSR count). The van der Waals surface area contributed by atoms with E-state index in [9.17, 15) is 0 Å². The molecular formula is C15H21NO. The van der Waals surface area contributed by atoms with E-state index in [1.54, 1.807) is 0 Å². The lowest BCUT2D eigenvalue weighted by Gasteiger charge is -2.26. The van der Waals surface area contributed by atoms with Crippen molar-refractivity contribution >= 4 is 0 Å². The Morgan fingerprint density at radius 1 is 1.29 bits per heavy atom. The Kier molecular flexibility index (Phi) is 2.72. The van der Waals surface area contributed by atoms with Crippen molar-refractivity contribution in [2.45, 2.75) is 51.3 Å². The van der Waals surface area contributed by atoms with E-state index in [1.807, 2.05) is 0 Å². The fourth-order valence-corrected chi connectivity index (χ4v) is 3.19. The molecule has 1 aliphatic heterocycles. The van der Waals surface area contributed by atoms with Crippen LogP contribution in [0.5, 0.6) is 0 Å². The average molecular weight is 231 g/mol. The Hall–Kier alpha value is -0.860. The fraction of sp³-hybridized carbons (Fsp3) is 0.600. The van der Waals surface area contributed by atoms with Gasteiger partial charge in [-0.1, -0.05) is 43.7 Å². The second kappa shape index (κ2) is 4.11. The van der Waals surface area contributed by atoms with E-state index in [-0.39, 0.29) is 5.72 Å². The van der Waals surface area contributed by atoms with Crippen molar-refractivity contribution in [2.24, 2.45) is 5.92 Å². The van der Waals surface area contributed by atoms with E-state index in [4.69, 9.17) is 4.84 Å². The molecule has 1 aromatic rings. The van der Waals surface area contributed by atoms with Gasteiger partial charge in [-0.3, -0.25) is 4.84 Å². The minimum absolute atomic E-state index is 0.0630. The summed E-state index contributed by atoms with van der Waals surface area (Å²) in [6, 6.07) is 11.0. The van der Waals surface area contributed by atoms with Crippen molar-refractivity contribution in [3.8, 4) is 0 Å². The summed E-state index contributed by atoms with van der Waals surface area (Å²) in [5, 5.41) is 2.23. The smallest absolute Gasteiger partial charge is 0.168 e. The van der Waals surface area contributed by atoms with Gasteiger partial charge in [0.25, 0.3) is 0 Å². The molecule has 2 nitrogen and oxygen atoms in total. The number of rotatable bonds is 2. The zero-order chi connectivity index (χ0) is 11.9. The maximum Gasteiger partial charge on any atom is 0.168 e. The van der Waals surface area contributed by atoms with Gasteiger partial charge in [0.1, 0.15) is 0 Å². The molecule has 1 saturated carbocycles. The lowest BCUT2D eigenvalue weighted by Crippen LogP contribution is -2.31. The highest BCUT2D eigenvalue weighted by Gasteiger charge is 2.61. The van der Waals surface area contributed by atoms with Gasteiger partial charge in [-0.05, 0) is 31.7 Å². The van der Waals surface area contributed by atoms with E-state index in [0.717, 1.165) is 0 Å². The highest BCUT2D eigenvalue weighted by atomic mass is 16.9. The molecule has 0 bridgehead atoms. The zero-order valence-corrected chi connectivity index (χ0v) is 10.7. The minimum atomic E-state index is 0.0630. The van der Waals surface area contributed by atoms with Gasteiger partial charge in [-0.2, -0.15) is 0 Å². The van der Waals surface area contributed by atoms with Crippen molar-refractivity contribution < 1.29 is 4.84 Å². The Morgan fingerprint density at radius 3 is 2.76 bits per heavy atom. The van der Waals surface area contributed by atoms with Crippen LogP contribution in [0.1, 0.15) is 51.1 Å². The quantitative estimate of drug-likeness (QED) is 0.717. The van der Waals surface area contributed by atoms with Crippen LogP contribution in [0.25, 0.3) is 0 Å². The van der Waals surface area contributed by atoms with Crippen LogP contribution < -0.4 is 0 Å². The summed E-state index contributed by atoms with van der Waals surface area (Å²) < 4.78 is 0. The molecule has 4 atom stereocenters. The standard InChI is InChI=1S/C15H21NO/c1-12-8-6-7-11-15(12)16(17-15)13(2)14-9-4-3-5-10-14/h3-5,9-10,12-13H,6-8,11H2,1-2H3/t12-,13-,15+,16?/m1/s1. The van der Waals surface area contributed by atoms with E-state index in [2.05, 4.69) is 49.2 Å². The van der Waals surface area contributed by atoms with Gasteiger partial charge >= 0.3 is 0 Å². The van der Waals surface area contributed by atoms with Gasteiger partial charge in [-0.25, -0.2) is 0 Å². The van der Waals surface area contributed by atoms with E-state index >= 15 is 0 Å². The third-order valence-electron chi connectivity index (χ3n) is 4.42. The Balaban J connectivity index is 1.75. The predicted octanol–water partition coefficient (Wildman–Crippen LogP) is 3.90. The Labute approximate surface area is 104 Å². The van der Waals surface area contributed by atoms with Gasteiger partial charge < -0.3 is 0 Å². The lowest BCUT2D eigenvalue weighted by molar-refractivity contribution is 0.144. The maximum atomic E-state index is 6.01. The van der Waals surface area contributed by atoms with Crippen LogP contribution in [0.3, 0.4) is 0 Å². The van der Waals surface area contributed by atoms with Crippen LogP contribution in [-0.2, 0) is 4.84 Å². The molecule has 1 spiro atoms. The first-order valence-electron chi connectivity index (χ1n) is 6.77. The van der Waals surface area contributed by atoms with Crippen molar-refractivity contribution in [3.63, 3.8) is 0 Å². The third-order valence-corrected chi connectivity index (χ3v) is 4.42. The first-order valence-corrected chi connectivity index (χ1v) is 6.77. The normalized spacial score (nSPS) is 38.0. The molecule has 0 radical (unpaired) electrons. The summed E-state index contributed by atoms with van der Waals surface area (Å²) in [6.45, 7) is 4.57. The fourth-order valence-electron chi connectivity index (χ4n) is 3.19. The summed E-state index contributed by atoms with van der Waals surface area (Å²) in [4.78, 5) is 6.01. The maximum absolute atomic E-state index is 6.01. The van der Waals surface area contributed by atoms with Gasteiger partial charge in [0, 0.05) is 5.92 Å². The highest BCUT2D eigenvalue weighted by molar-refractivity contribution is 5.19. The van der Waals surface area contributed by atoms with Crippen LogP contribution in [0.15, 0.2) is 30.3 Å². The van der Waals surface area contributed by atoms with Crippen LogP contribution in [0.4, 0.5) is 0 Å². The molecule has 2 heteroatoms. The topological polar surface area (TPSA) is 15.5 Å². The summed E-state index contributed by atoms with van der Waals surface area (Å²) in [5.74, 6) is 0.669. The Morgan fingerprint density at radius 2 is 2.06 bits per heavy atom. The molecule has 1 aliphatic carbocycles. The average Bonchev–Trinajstić information content (AvgIpc) is 3.09. The molecule has 0 amide bonds. The number of nitrogens with zero attached hydrogens (tertiary/aromatic N) is 1. The zero-order valence-electron chi connectivity index (χ0n) is 10.7. The van der Waals surface area contributed by atoms with E-state index in [1.165, 1.54) is 31.2 Å². The molecule has 0 N–H and O–H groups in total. The first kappa shape index (κ1) is 11.2. The molecule has 92 valence electrons. The predicted molar refractivity (Wildman–Crippen MR) is 68.1 cm³/mol. The molecule has 1 heterocycles. The van der Waals surface area contributed by atoms with Crippen molar-refractivity contribution in [1.29, 1.82) is 0 Å². The summed E-state index contributed by atoms with van der Waals surface area (Å²) in [7, 11) is 0. The molecule has 0 aromatic heterocycles. The molecule has 1 saturated heterocycles. The molecule has 2 fully saturated rings.